The van der Waals surface area contributed by atoms with Crippen molar-refractivity contribution in [3.8, 4) is 0 Å². The Balaban J connectivity index is 1.60. The number of allylic oxidation sites excluding steroid dienone is 4. The third kappa shape index (κ3) is 2.94. The molecule has 1 atom stereocenters. The van der Waals surface area contributed by atoms with Gasteiger partial charge >= 0.3 is 0 Å². The van der Waals surface area contributed by atoms with Crippen LogP contribution in [0.2, 0.25) is 0 Å². The van der Waals surface area contributed by atoms with E-state index in [9.17, 15) is 0 Å². The zero-order valence-corrected chi connectivity index (χ0v) is 15.4. The number of anilines is 2. The van der Waals surface area contributed by atoms with Gasteiger partial charge in [0.25, 0.3) is 0 Å². The molecule has 2 aromatic rings. The first-order valence-corrected chi connectivity index (χ1v) is 9.92. The van der Waals surface area contributed by atoms with Crippen LogP contribution in [0.5, 0.6) is 0 Å². The maximum absolute atomic E-state index is 3.53. The van der Waals surface area contributed by atoms with Crippen molar-refractivity contribution in [2.75, 3.05) is 23.7 Å². The molecule has 0 amide bonds. The molecule has 5 rings (SSSR count). The molecule has 0 radical (unpaired) electrons. The summed E-state index contributed by atoms with van der Waals surface area (Å²) in [6.45, 7) is 4.29. The van der Waals surface area contributed by atoms with Crippen molar-refractivity contribution < 1.29 is 0 Å². The smallest absolute Gasteiger partial charge is 0.0582 e. The maximum Gasteiger partial charge on any atom is 0.0582 e. The summed E-state index contributed by atoms with van der Waals surface area (Å²) in [5.74, 6) is 1.39. The van der Waals surface area contributed by atoms with Crippen molar-refractivity contribution in [3.63, 3.8) is 0 Å². The predicted molar refractivity (Wildman–Crippen MR) is 112 cm³/mol. The van der Waals surface area contributed by atoms with E-state index in [1.54, 1.807) is 0 Å². The zero-order chi connectivity index (χ0) is 17.5. The molecule has 2 N–H and O–H groups in total. The minimum Gasteiger partial charge on any atom is -0.382 e. The van der Waals surface area contributed by atoms with Gasteiger partial charge in [-0.3, -0.25) is 0 Å². The van der Waals surface area contributed by atoms with E-state index in [2.05, 4.69) is 72.2 Å². The van der Waals surface area contributed by atoms with E-state index in [-0.39, 0.29) is 0 Å². The SMILES string of the molecule is CC1C=CC(c2ccc3c(c2)NCCN3)=C(c2cccc(C3CC3)c2)C1. The maximum atomic E-state index is 3.53. The second-order valence-corrected chi connectivity index (χ2v) is 7.95. The number of rotatable bonds is 3. The lowest BCUT2D eigenvalue weighted by atomic mass is 9.83. The summed E-state index contributed by atoms with van der Waals surface area (Å²) in [7, 11) is 0. The van der Waals surface area contributed by atoms with Crippen LogP contribution in [0.25, 0.3) is 11.1 Å². The highest BCUT2D eigenvalue weighted by atomic mass is 15.0. The first-order valence-electron chi connectivity index (χ1n) is 9.92. The molecule has 26 heavy (non-hydrogen) atoms. The molecule has 132 valence electrons. The summed E-state index contributed by atoms with van der Waals surface area (Å²) in [6, 6.07) is 16.1. The predicted octanol–water partition coefficient (Wildman–Crippen LogP) is 5.91. The lowest BCUT2D eigenvalue weighted by Crippen LogP contribution is -2.20. The van der Waals surface area contributed by atoms with E-state index < -0.39 is 0 Å². The molecule has 2 aromatic carbocycles. The van der Waals surface area contributed by atoms with E-state index in [1.165, 1.54) is 52.1 Å². The van der Waals surface area contributed by atoms with E-state index in [1.807, 2.05) is 0 Å². The van der Waals surface area contributed by atoms with Crippen LogP contribution < -0.4 is 10.6 Å². The van der Waals surface area contributed by atoms with E-state index in [0.29, 0.717) is 5.92 Å². The Morgan fingerprint density at radius 2 is 1.73 bits per heavy atom. The molecule has 2 heteroatoms. The summed E-state index contributed by atoms with van der Waals surface area (Å²) in [6.07, 6.45) is 8.52. The largest absolute Gasteiger partial charge is 0.382 e. The average Bonchev–Trinajstić information content (AvgIpc) is 3.53. The Morgan fingerprint density at radius 3 is 2.58 bits per heavy atom. The Morgan fingerprint density at radius 1 is 0.885 bits per heavy atom. The molecule has 1 fully saturated rings. The van der Waals surface area contributed by atoms with Crippen LogP contribution >= 0.6 is 0 Å². The molecule has 3 aliphatic rings. The van der Waals surface area contributed by atoms with Crippen LogP contribution in [0.15, 0.2) is 54.6 Å². The van der Waals surface area contributed by atoms with E-state index in [4.69, 9.17) is 0 Å². The number of hydrogen-bond acceptors (Lipinski definition) is 2. The standard InChI is InChI=1S/C24H26N2/c1-16-5-9-21(20-8-10-23-24(15-20)26-12-11-25-23)22(13-16)19-4-2-3-18(14-19)17-6-7-17/h2-5,8-10,14-17,25-26H,6-7,11-13H2,1H3. The van der Waals surface area contributed by atoms with Gasteiger partial charge in [-0.15, -0.1) is 0 Å². The van der Waals surface area contributed by atoms with Crippen molar-refractivity contribution in [2.45, 2.75) is 32.1 Å². The second-order valence-electron chi connectivity index (χ2n) is 7.95. The summed E-state index contributed by atoms with van der Waals surface area (Å²) in [4.78, 5) is 0. The fourth-order valence-corrected chi connectivity index (χ4v) is 4.21. The normalized spacial score (nSPS) is 21.8. The number of benzene rings is 2. The molecule has 1 aliphatic heterocycles. The molecule has 2 nitrogen and oxygen atoms in total. The Bertz CT molecular complexity index is 902. The quantitative estimate of drug-likeness (QED) is 0.725. The fraction of sp³-hybridized carbons (Fsp3) is 0.333. The molecular weight excluding hydrogens is 316 g/mol. The monoisotopic (exact) mass is 342 g/mol. The molecular formula is C24H26N2. The van der Waals surface area contributed by atoms with Gasteiger partial charge in [-0.2, -0.15) is 0 Å². The highest BCUT2D eigenvalue weighted by molar-refractivity contribution is 5.98. The van der Waals surface area contributed by atoms with Crippen LogP contribution in [0, 0.1) is 5.92 Å². The van der Waals surface area contributed by atoms with Gasteiger partial charge in [-0.1, -0.05) is 49.4 Å². The molecule has 2 aliphatic carbocycles. The molecule has 1 saturated carbocycles. The lowest BCUT2D eigenvalue weighted by Gasteiger charge is -2.24. The van der Waals surface area contributed by atoms with Crippen molar-refractivity contribution >= 4 is 22.5 Å². The molecule has 0 aromatic heterocycles. The summed E-state index contributed by atoms with van der Waals surface area (Å²) in [5, 5.41) is 7.00. The van der Waals surface area contributed by atoms with Crippen LogP contribution in [0.4, 0.5) is 11.4 Å². The van der Waals surface area contributed by atoms with Gasteiger partial charge in [0.05, 0.1) is 11.4 Å². The van der Waals surface area contributed by atoms with Gasteiger partial charge in [-0.25, -0.2) is 0 Å². The minimum absolute atomic E-state index is 0.593. The third-order valence-electron chi connectivity index (χ3n) is 5.81. The minimum atomic E-state index is 0.593. The van der Waals surface area contributed by atoms with E-state index >= 15 is 0 Å². The first-order chi connectivity index (χ1) is 12.8. The average molecular weight is 342 g/mol. The zero-order valence-electron chi connectivity index (χ0n) is 15.4. The molecule has 0 saturated heterocycles. The lowest BCUT2D eigenvalue weighted by molar-refractivity contribution is 0.750. The van der Waals surface area contributed by atoms with Gasteiger partial charge in [0.2, 0.25) is 0 Å². The van der Waals surface area contributed by atoms with Crippen molar-refractivity contribution in [2.24, 2.45) is 5.92 Å². The van der Waals surface area contributed by atoms with Crippen molar-refractivity contribution in [1.82, 2.24) is 0 Å². The highest BCUT2D eigenvalue weighted by Crippen LogP contribution is 2.43. The second kappa shape index (κ2) is 6.35. The van der Waals surface area contributed by atoms with Gasteiger partial charge in [0, 0.05) is 13.1 Å². The van der Waals surface area contributed by atoms with Gasteiger partial charge in [0.15, 0.2) is 0 Å². The number of nitrogens with one attached hydrogen (secondary N) is 2. The Kier molecular flexibility index (Phi) is 3.85. The highest BCUT2D eigenvalue weighted by Gasteiger charge is 2.24. The number of hydrogen-bond donors (Lipinski definition) is 2. The Labute approximate surface area is 156 Å². The number of fused-ring (bicyclic) bond motifs is 1. The Hall–Kier alpha value is -2.48. The third-order valence-corrected chi connectivity index (χ3v) is 5.81. The van der Waals surface area contributed by atoms with Crippen molar-refractivity contribution in [1.29, 1.82) is 0 Å². The topological polar surface area (TPSA) is 24.1 Å². The summed E-state index contributed by atoms with van der Waals surface area (Å²) >= 11 is 0. The van der Waals surface area contributed by atoms with Crippen LogP contribution in [-0.2, 0) is 0 Å². The molecule has 0 spiro atoms. The van der Waals surface area contributed by atoms with Gasteiger partial charge in [0.1, 0.15) is 0 Å². The summed E-state index contributed by atoms with van der Waals surface area (Å²) < 4.78 is 0. The van der Waals surface area contributed by atoms with Crippen molar-refractivity contribution in [3.05, 3.63) is 71.3 Å². The molecule has 1 heterocycles. The van der Waals surface area contributed by atoms with Crippen LogP contribution in [-0.4, -0.2) is 13.1 Å². The molecule has 0 bridgehead atoms. The van der Waals surface area contributed by atoms with Crippen LogP contribution in [0.1, 0.15) is 48.8 Å². The van der Waals surface area contributed by atoms with E-state index in [0.717, 1.165) is 25.4 Å². The fourth-order valence-electron chi connectivity index (χ4n) is 4.21. The van der Waals surface area contributed by atoms with Crippen LogP contribution in [0.3, 0.4) is 0 Å². The van der Waals surface area contributed by atoms with Gasteiger partial charge < -0.3 is 10.6 Å². The van der Waals surface area contributed by atoms with Gasteiger partial charge in [-0.05, 0) is 71.1 Å². The first kappa shape index (κ1) is 15.7. The molecule has 1 unspecified atom stereocenters. The summed E-state index contributed by atoms with van der Waals surface area (Å²) in [5.41, 5.74) is 9.55.